The van der Waals surface area contributed by atoms with Crippen molar-refractivity contribution in [2.75, 3.05) is 0 Å². The summed E-state index contributed by atoms with van der Waals surface area (Å²) in [6.07, 6.45) is 1.66. The number of hydrogen-bond donors (Lipinski definition) is 0. The predicted octanol–water partition coefficient (Wildman–Crippen LogP) is 3.75. The van der Waals surface area contributed by atoms with E-state index in [9.17, 15) is 0 Å². The second kappa shape index (κ2) is 3.97. The van der Waals surface area contributed by atoms with Crippen molar-refractivity contribution in [3.05, 3.63) is 53.8 Å². The van der Waals surface area contributed by atoms with E-state index in [4.69, 9.17) is 11.0 Å². The maximum Gasteiger partial charge on any atom is 0.192 e. The second-order valence-electron chi connectivity index (χ2n) is 3.93. The van der Waals surface area contributed by atoms with Crippen molar-refractivity contribution >= 4 is 16.8 Å². The first-order valence-corrected chi connectivity index (χ1v) is 5.47. The highest BCUT2D eigenvalue weighted by Gasteiger charge is 2.06. The predicted molar refractivity (Wildman–Crippen MR) is 68.2 cm³/mol. The lowest BCUT2D eigenvalue weighted by molar-refractivity contribution is 0.560. The molecule has 0 fully saturated rings. The van der Waals surface area contributed by atoms with Gasteiger partial charge in [0, 0.05) is 6.92 Å². The Morgan fingerprint density at radius 3 is 3.00 bits per heavy atom. The van der Waals surface area contributed by atoms with Gasteiger partial charge >= 0.3 is 0 Å². The van der Waals surface area contributed by atoms with Crippen LogP contribution in [0.4, 0.5) is 5.69 Å². The van der Waals surface area contributed by atoms with Crippen LogP contribution in [0.3, 0.4) is 0 Å². The smallest absolute Gasteiger partial charge is 0.192 e. The Balaban J connectivity index is 2.16. The van der Waals surface area contributed by atoms with Gasteiger partial charge in [-0.3, -0.25) is 4.98 Å². The van der Waals surface area contributed by atoms with Gasteiger partial charge in [-0.1, -0.05) is 18.2 Å². The number of hydrogen-bond acceptors (Lipinski definition) is 3. The average molecular weight is 235 g/mol. The number of rotatable bonds is 1. The van der Waals surface area contributed by atoms with Gasteiger partial charge in [-0.2, -0.15) is 0 Å². The van der Waals surface area contributed by atoms with E-state index < -0.39 is 0 Å². The third kappa shape index (κ3) is 1.72. The molecule has 0 amide bonds. The number of fused-ring (bicyclic) bond motifs is 1. The van der Waals surface area contributed by atoms with Crippen molar-refractivity contribution in [1.82, 2.24) is 9.97 Å². The molecule has 18 heavy (non-hydrogen) atoms. The molecule has 3 rings (SSSR count). The van der Waals surface area contributed by atoms with Gasteiger partial charge in [-0.05, 0) is 17.7 Å². The third-order valence-electron chi connectivity index (χ3n) is 2.65. The molecule has 0 saturated heterocycles. The highest BCUT2D eigenvalue weighted by molar-refractivity contribution is 5.78. The Morgan fingerprint density at radius 2 is 2.17 bits per heavy atom. The summed E-state index contributed by atoms with van der Waals surface area (Å²) in [5.41, 5.74) is 3.77. The first-order valence-electron chi connectivity index (χ1n) is 5.47. The van der Waals surface area contributed by atoms with Crippen LogP contribution in [0.2, 0.25) is 0 Å². The minimum Gasteiger partial charge on any atom is -0.439 e. The molecule has 0 N–H and O–H groups in total. The Kier molecular flexibility index (Phi) is 2.31. The molecule has 0 aliphatic carbocycles. The standard InChI is InChI=1S/C14H9N3O/c1-9-17-13-7-12(16-8-14(13)18-9)10-4-3-5-11(6-10)15-2/h3-8H,1H3. The first kappa shape index (κ1) is 10.5. The Bertz CT molecular complexity index is 768. The maximum atomic E-state index is 7.01. The highest BCUT2D eigenvalue weighted by atomic mass is 16.3. The molecule has 1 aromatic carbocycles. The summed E-state index contributed by atoms with van der Waals surface area (Å²) in [7, 11) is 0. The Labute approximate surface area is 104 Å². The normalized spacial score (nSPS) is 10.4. The van der Waals surface area contributed by atoms with E-state index in [0.29, 0.717) is 17.2 Å². The lowest BCUT2D eigenvalue weighted by Crippen LogP contribution is -1.82. The van der Waals surface area contributed by atoms with Crippen LogP contribution in [0.1, 0.15) is 5.89 Å². The summed E-state index contributed by atoms with van der Waals surface area (Å²) in [5.74, 6) is 0.624. The summed E-state index contributed by atoms with van der Waals surface area (Å²) in [6.45, 7) is 8.82. The van der Waals surface area contributed by atoms with Crippen LogP contribution in [0.5, 0.6) is 0 Å². The van der Waals surface area contributed by atoms with Gasteiger partial charge in [-0.25, -0.2) is 9.83 Å². The number of aromatic nitrogens is 2. The zero-order valence-electron chi connectivity index (χ0n) is 9.71. The molecular formula is C14H9N3O. The highest BCUT2D eigenvalue weighted by Crippen LogP contribution is 2.25. The molecule has 2 aromatic heterocycles. The summed E-state index contributed by atoms with van der Waals surface area (Å²) >= 11 is 0. The second-order valence-corrected chi connectivity index (χ2v) is 3.93. The summed E-state index contributed by atoms with van der Waals surface area (Å²) < 4.78 is 5.38. The van der Waals surface area contributed by atoms with Crippen LogP contribution in [0, 0.1) is 13.5 Å². The van der Waals surface area contributed by atoms with E-state index in [1.54, 1.807) is 19.2 Å². The van der Waals surface area contributed by atoms with E-state index in [1.807, 2.05) is 24.3 Å². The molecule has 0 aliphatic rings. The minimum atomic E-state index is 0.603. The van der Waals surface area contributed by atoms with Gasteiger partial charge in [0.1, 0.15) is 5.52 Å². The topological polar surface area (TPSA) is 43.3 Å². The fourth-order valence-electron chi connectivity index (χ4n) is 1.84. The Morgan fingerprint density at radius 1 is 1.28 bits per heavy atom. The average Bonchev–Trinajstić information content (AvgIpc) is 2.77. The molecule has 4 heteroatoms. The van der Waals surface area contributed by atoms with Gasteiger partial charge in [0.2, 0.25) is 0 Å². The number of benzene rings is 1. The van der Waals surface area contributed by atoms with Crippen LogP contribution in [0.25, 0.3) is 27.2 Å². The zero-order chi connectivity index (χ0) is 12.5. The molecule has 2 heterocycles. The molecular weight excluding hydrogens is 226 g/mol. The molecule has 0 unspecified atom stereocenters. The number of oxazole rings is 1. The molecule has 0 radical (unpaired) electrons. The van der Waals surface area contributed by atoms with E-state index in [1.165, 1.54) is 0 Å². The van der Waals surface area contributed by atoms with E-state index >= 15 is 0 Å². The lowest BCUT2D eigenvalue weighted by Gasteiger charge is -2.00. The van der Waals surface area contributed by atoms with E-state index in [0.717, 1.165) is 16.8 Å². The molecule has 0 atom stereocenters. The number of nitrogens with zero attached hydrogens (tertiary/aromatic N) is 3. The van der Waals surface area contributed by atoms with E-state index in [2.05, 4.69) is 14.8 Å². The number of pyridine rings is 1. The molecule has 86 valence electrons. The summed E-state index contributed by atoms with van der Waals surface area (Å²) in [6, 6.07) is 9.23. The van der Waals surface area contributed by atoms with Crippen molar-refractivity contribution in [2.24, 2.45) is 0 Å². The van der Waals surface area contributed by atoms with Gasteiger partial charge in [0.05, 0.1) is 18.5 Å². The fraction of sp³-hybridized carbons (Fsp3) is 0.0714. The zero-order valence-corrected chi connectivity index (χ0v) is 9.71. The van der Waals surface area contributed by atoms with Crippen LogP contribution in [-0.4, -0.2) is 9.97 Å². The monoisotopic (exact) mass is 235 g/mol. The molecule has 0 spiro atoms. The molecule has 0 aliphatic heterocycles. The minimum absolute atomic E-state index is 0.603. The van der Waals surface area contributed by atoms with Crippen LogP contribution in [-0.2, 0) is 0 Å². The summed E-state index contributed by atoms with van der Waals surface area (Å²) in [4.78, 5) is 12.0. The van der Waals surface area contributed by atoms with Crippen LogP contribution >= 0.6 is 0 Å². The molecule has 0 bridgehead atoms. The van der Waals surface area contributed by atoms with Crippen LogP contribution < -0.4 is 0 Å². The SMILES string of the molecule is [C-]#[N+]c1cccc(-c2cc3nc(C)oc3cn2)c1. The van der Waals surface area contributed by atoms with Gasteiger partial charge in [0.15, 0.2) is 17.2 Å². The van der Waals surface area contributed by atoms with Crippen molar-refractivity contribution in [1.29, 1.82) is 0 Å². The van der Waals surface area contributed by atoms with Crippen molar-refractivity contribution in [2.45, 2.75) is 6.92 Å². The van der Waals surface area contributed by atoms with Crippen LogP contribution in [0.15, 0.2) is 40.9 Å². The maximum absolute atomic E-state index is 7.01. The summed E-state index contributed by atoms with van der Waals surface area (Å²) in [5, 5.41) is 0. The lowest BCUT2D eigenvalue weighted by atomic mass is 10.1. The number of aryl methyl sites for hydroxylation is 1. The first-order chi connectivity index (χ1) is 8.76. The van der Waals surface area contributed by atoms with Gasteiger partial charge < -0.3 is 4.42 Å². The van der Waals surface area contributed by atoms with Crippen molar-refractivity contribution in [3.8, 4) is 11.3 Å². The quantitative estimate of drug-likeness (QED) is 0.603. The van der Waals surface area contributed by atoms with Gasteiger partial charge in [-0.15, -0.1) is 0 Å². The van der Waals surface area contributed by atoms with Crippen molar-refractivity contribution in [3.63, 3.8) is 0 Å². The Hall–Kier alpha value is -2.67. The third-order valence-corrected chi connectivity index (χ3v) is 2.65. The molecule has 3 aromatic rings. The van der Waals surface area contributed by atoms with Crippen molar-refractivity contribution < 1.29 is 4.42 Å². The fourth-order valence-corrected chi connectivity index (χ4v) is 1.84. The van der Waals surface area contributed by atoms with Gasteiger partial charge in [0.25, 0.3) is 0 Å². The molecule has 4 nitrogen and oxygen atoms in total. The molecule has 0 saturated carbocycles. The van der Waals surface area contributed by atoms with E-state index in [-0.39, 0.29) is 0 Å². The largest absolute Gasteiger partial charge is 0.439 e.